The van der Waals surface area contributed by atoms with Gasteiger partial charge in [-0.3, -0.25) is 9.59 Å². The van der Waals surface area contributed by atoms with E-state index in [1.54, 1.807) is 42.2 Å². The molecule has 9 heteroatoms. The number of aromatic nitrogens is 3. The number of carbonyl (C=O) groups is 2. The number of likely N-dealkylation sites (N-methyl/N-ethyl adjacent to an activating group) is 1. The minimum atomic E-state index is -1.67. The molecular weight excluding hydrogens is 408 g/mol. The Hall–Kier alpha value is -3.90. The summed E-state index contributed by atoms with van der Waals surface area (Å²) in [6.07, 6.45) is 4.05. The summed E-state index contributed by atoms with van der Waals surface area (Å²) in [4.78, 5) is 30.1. The average molecular weight is 430 g/mol. The van der Waals surface area contributed by atoms with E-state index in [2.05, 4.69) is 27.2 Å². The molecule has 2 aromatic heterocycles. The highest BCUT2D eigenvalue weighted by Gasteiger charge is 2.42. The van der Waals surface area contributed by atoms with Crippen LogP contribution in [0.5, 0.6) is 0 Å². The van der Waals surface area contributed by atoms with Crippen molar-refractivity contribution in [2.24, 2.45) is 5.73 Å². The lowest BCUT2D eigenvalue weighted by Gasteiger charge is -2.13. The predicted octanol–water partition coefficient (Wildman–Crippen LogP) is 1.04. The van der Waals surface area contributed by atoms with Crippen LogP contribution >= 0.6 is 0 Å². The van der Waals surface area contributed by atoms with Crippen molar-refractivity contribution in [2.75, 3.05) is 18.9 Å². The Labute approximate surface area is 184 Å². The van der Waals surface area contributed by atoms with Crippen molar-refractivity contribution in [3.63, 3.8) is 0 Å². The van der Waals surface area contributed by atoms with Crippen LogP contribution in [0.2, 0.25) is 0 Å². The number of hydrogen-bond donors (Lipinski definition) is 3. The number of aliphatic hydroxyl groups is 1. The minimum Gasteiger partial charge on any atom is -0.369 e. The Kier molecular flexibility index (Phi) is 4.60. The van der Waals surface area contributed by atoms with Gasteiger partial charge in [0.15, 0.2) is 5.69 Å². The van der Waals surface area contributed by atoms with Gasteiger partial charge in [0.25, 0.3) is 11.8 Å². The van der Waals surface area contributed by atoms with Crippen LogP contribution in [0.1, 0.15) is 35.3 Å². The molecule has 2 fully saturated rings. The molecule has 3 heterocycles. The second-order valence-electron chi connectivity index (χ2n) is 8.23. The standard InChI is InChI=1S/C23H22N6O3/c1-28-12-10-23(32,22(28)31)9-7-14-3-2-4-16(13-14)29-17-8-11-25-21(26-15-5-6-15)18(17)19(27-29)20(24)30/h2-4,8,11,13,15,32H,5-6,10,12H2,1H3,(H2,24,30)(H,25,26)/t23-/m1/s1. The summed E-state index contributed by atoms with van der Waals surface area (Å²) in [5.41, 5.74) is 6.05. The number of nitrogens with one attached hydrogen (secondary N) is 1. The van der Waals surface area contributed by atoms with Crippen molar-refractivity contribution in [3.05, 3.63) is 47.8 Å². The monoisotopic (exact) mass is 430 g/mol. The molecule has 1 saturated heterocycles. The second-order valence-corrected chi connectivity index (χ2v) is 8.23. The quantitative estimate of drug-likeness (QED) is 0.531. The summed E-state index contributed by atoms with van der Waals surface area (Å²) in [5.74, 6) is 5.19. The third kappa shape index (κ3) is 3.44. The Balaban J connectivity index is 1.56. The number of nitrogens with two attached hydrogens (primary N) is 1. The van der Waals surface area contributed by atoms with Crippen LogP contribution in [0.25, 0.3) is 16.6 Å². The zero-order chi connectivity index (χ0) is 22.5. The van der Waals surface area contributed by atoms with Crippen molar-refractivity contribution in [1.82, 2.24) is 19.7 Å². The van der Waals surface area contributed by atoms with E-state index in [-0.39, 0.29) is 12.1 Å². The van der Waals surface area contributed by atoms with E-state index >= 15 is 0 Å². The highest BCUT2D eigenvalue weighted by atomic mass is 16.3. The summed E-state index contributed by atoms with van der Waals surface area (Å²) in [6, 6.07) is 9.32. The highest BCUT2D eigenvalue weighted by molar-refractivity contribution is 6.08. The number of hydrogen-bond acceptors (Lipinski definition) is 6. The molecule has 1 saturated carbocycles. The SMILES string of the molecule is CN1CC[C@](O)(C#Cc2cccc(-n3nc(C(N)=O)c4c(NC5CC5)nccc43)c2)C1=O. The molecule has 3 aromatic rings. The molecular formula is C23H22N6O3. The van der Waals surface area contributed by atoms with Gasteiger partial charge in [-0.15, -0.1) is 0 Å². The fraction of sp³-hybridized carbons (Fsp3) is 0.304. The van der Waals surface area contributed by atoms with Crippen molar-refractivity contribution < 1.29 is 14.7 Å². The number of amides is 2. The zero-order valence-electron chi connectivity index (χ0n) is 17.5. The van der Waals surface area contributed by atoms with Crippen molar-refractivity contribution in [1.29, 1.82) is 0 Å². The van der Waals surface area contributed by atoms with E-state index in [9.17, 15) is 14.7 Å². The Morgan fingerprint density at radius 2 is 2.16 bits per heavy atom. The Bertz CT molecular complexity index is 1320. The molecule has 1 aromatic carbocycles. The first-order chi connectivity index (χ1) is 15.4. The van der Waals surface area contributed by atoms with Crippen molar-refractivity contribution >= 4 is 28.5 Å². The van der Waals surface area contributed by atoms with E-state index in [1.807, 2.05) is 6.07 Å². The normalized spacial score (nSPS) is 20.3. The maximum absolute atomic E-state index is 12.2. The highest BCUT2D eigenvalue weighted by Crippen LogP contribution is 2.31. The molecule has 32 heavy (non-hydrogen) atoms. The number of likely N-dealkylation sites (tertiary alicyclic amines) is 1. The lowest BCUT2D eigenvalue weighted by molar-refractivity contribution is -0.137. The Morgan fingerprint density at radius 1 is 1.34 bits per heavy atom. The van der Waals surface area contributed by atoms with Gasteiger partial charge in [0.05, 0.1) is 16.6 Å². The van der Waals surface area contributed by atoms with Crippen LogP contribution in [0.4, 0.5) is 5.82 Å². The number of anilines is 1. The first-order valence-corrected chi connectivity index (χ1v) is 10.4. The van der Waals surface area contributed by atoms with Gasteiger partial charge in [0.2, 0.25) is 5.60 Å². The summed E-state index contributed by atoms with van der Waals surface area (Å²) >= 11 is 0. The van der Waals surface area contributed by atoms with Crippen molar-refractivity contribution in [3.8, 4) is 17.5 Å². The van der Waals surface area contributed by atoms with Crippen LogP contribution in [-0.4, -0.2) is 61.8 Å². The third-order valence-electron chi connectivity index (χ3n) is 5.76. The largest absolute Gasteiger partial charge is 0.369 e. The predicted molar refractivity (Wildman–Crippen MR) is 118 cm³/mol. The van der Waals surface area contributed by atoms with Crippen LogP contribution in [0.3, 0.4) is 0 Å². The molecule has 1 atom stereocenters. The number of fused-ring (bicyclic) bond motifs is 1. The minimum absolute atomic E-state index is 0.140. The summed E-state index contributed by atoms with van der Waals surface area (Å²) in [5, 5.41) is 18.9. The molecule has 1 aliphatic carbocycles. The molecule has 4 N–H and O–H groups in total. The van der Waals surface area contributed by atoms with Crippen LogP contribution in [0.15, 0.2) is 36.5 Å². The maximum atomic E-state index is 12.2. The molecule has 9 nitrogen and oxygen atoms in total. The van der Waals surface area contributed by atoms with E-state index in [4.69, 9.17) is 5.73 Å². The van der Waals surface area contributed by atoms with Gasteiger partial charge in [0, 0.05) is 37.8 Å². The molecule has 0 bridgehead atoms. The first-order valence-electron chi connectivity index (χ1n) is 10.4. The van der Waals surface area contributed by atoms with Gasteiger partial charge in [-0.1, -0.05) is 17.9 Å². The molecule has 0 spiro atoms. The fourth-order valence-corrected chi connectivity index (χ4v) is 3.83. The summed E-state index contributed by atoms with van der Waals surface area (Å²) < 4.78 is 1.63. The number of carbonyl (C=O) groups excluding carboxylic acids is 2. The van der Waals surface area contributed by atoms with Gasteiger partial charge >= 0.3 is 0 Å². The van der Waals surface area contributed by atoms with Gasteiger partial charge in [-0.25, -0.2) is 9.67 Å². The smallest absolute Gasteiger partial charge is 0.270 e. The lowest BCUT2D eigenvalue weighted by Crippen LogP contribution is -2.37. The molecule has 5 rings (SSSR count). The molecule has 1 aliphatic heterocycles. The molecule has 0 unspecified atom stereocenters. The van der Waals surface area contributed by atoms with E-state index in [1.165, 1.54) is 4.90 Å². The molecule has 2 aliphatic rings. The van der Waals surface area contributed by atoms with Crippen molar-refractivity contribution in [2.45, 2.75) is 30.9 Å². The van der Waals surface area contributed by atoms with Crippen LogP contribution < -0.4 is 11.1 Å². The van der Waals surface area contributed by atoms with Gasteiger partial charge in [-0.2, -0.15) is 5.10 Å². The number of pyridine rings is 1. The van der Waals surface area contributed by atoms with Gasteiger partial charge in [0.1, 0.15) is 5.82 Å². The fourth-order valence-electron chi connectivity index (χ4n) is 3.83. The third-order valence-corrected chi connectivity index (χ3v) is 5.76. The van der Waals surface area contributed by atoms with E-state index in [0.29, 0.717) is 40.6 Å². The topological polar surface area (TPSA) is 126 Å². The lowest BCUT2D eigenvalue weighted by atomic mass is 10.0. The summed E-state index contributed by atoms with van der Waals surface area (Å²) in [7, 11) is 1.64. The first kappa shape index (κ1) is 20.0. The number of benzene rings is 1. The molecule has 2 amide bonds. The van der Waals surface area contributed by atoms with Crippen LogP contribution in [-0.2, 0) is 4.79 Å². The number of nitrogens with zero attached hydrogens (tertiary/aromatic N) is 4. The van der Waals surface area contributed by atoms with E-state index < -0.39 is 17.4 Å². The van der Waals surface area contributed by atoms with Gasteiger partial charge in [-0.05, 0) is 37.1 Å². The summed E-state index contributed by atoms with van der Waals surface area (Å²) in [6.45, 7) is 0.463. The van der Waals surface area contributed by atoms with Crippen LogP contribution in [0, 0.1) is 11.8 Å². The maximum Gasteiger partial charge on any atom is 0.270 e. The molecule has 0 radical (unpaired) electrons. The zero-order valence-corrected chi connectivity index (χ0v) is 17.5. The average Bonchev–Trinajstić information content (AvgIpc) is 3.45. The molecule has 162 valence electrons. The number of rotatable bonds is 4. The van der Waals surface area contributed by atoms with Gasteiger partial charge < -0.3 is 21.1 Å². The van der Waals surface area contributed by atoms with E-state index in [0.717, 1.165) is 12.8 Å². The second kappa shape index (κ2) is 7.35. The number of primary amides is 1. The Morgan fingerprint density at radius 3 is 2.84 bits per heavy atom.